The third-order valence-electron chi connectivity index (χ3n) is 5.59. The first-order valence-electron chi connectivity index (χ1n) is 12.0. The molecule has 1 N–H and O–H groups in total. The summed E-state index contributed by atoms with van der Waals surface area (Å²) in [5, 5.41) is 4.70. The number of carbonyl (C=O) groups excluding carboxylic acids is 1. The SMILES string of the molecule is CC(C)(C)OC(=O)Nc1ccc(OCCN2CCOC(COc3ccccc3)C2)c2ccccc12. The van der Waals surface area contributed by atoms with Gasteiger partial charge in [-0.25, -0.2) is 4.79 Å². The van der Waals surface area contributed by atoms with E-state index in [4.69, 9.17) is 18.9 Å². The van der Waals surface area contributed by atoms with E-state index in [9.17, 15) is 4.79 Å². The highest BCUT2D eigenvalue weighted by Gasteiger charge is 2.21. The van der Waals surface area contributed by atoms with Crippen molar-refractivity contribution in [3.05, 3.63) is 66.7 Å². The number of carbonyl (C=O) groups is 1. The first-order chi connectivity index (χ1) is 16.9. The predicted molar refractivity (Wildman–Crippen MR) is 137 cm³/mol. The number of nitrogens with one attached hydrogen (secondary N) is 1. The van der Waals surface area contributed by atoms with Crippen molar-refractivity contribution in [1.82, 2.24) is 4.90 Å². The maximum atomic E-state index is 12.3. The fourth-order valence-corrected chi connectivity index (χ4v) is 3.99. The zero-order valence-electron chi connectivity index (χ0n) is 20.7. The second kappa shape index (κ2) is 11.4. The Labute approximate surface area is 206 Å². The number of amides is 1. The number of anilines is 1. The number of nitrogens with zero attached hydrogens (tertiary/aromatic N) is 1. The fraction of sp³-hybridized carbons (Fsp3) is 0.393. The van der Waals surface area contributed by atoms with Crippen molar-refractivity contribution in [2.45, 2.75) is 32.5 Å². The van der Waals surface area contributed by atoms with E-state index in [1.165, 1.54) is 0 Å². The zero-order valence-corrected chi connectivity index (χ0v) is 20.7. The molecule has 0 aromatic heterocycles. The highest BCUT2D eigenvalue weighted by atomic mass is 16.6. The van der Waals surface area contributed by atoms with Crippen molar-refractivity contribution < 1.29 is 23.7 Å². The fourth-order valence-electron chi connectivity index (χ4n) is 3.99. The van der Waals surface area contributed by atoms with E-state index in [1.807, 2.05) is 87.5 Å². The number of para-hydroxylation sites is 1. The van der Waals surface area contributed by atoms with Gasteiger partial charge in [0.15, 0.2) is 0 Å². The predicted octanol–water partition coefficient (Wildman–Crippen LogP) is 5.35. The number of hydrogen-bond donors (Lipinski definition) is 1. The Morgan fingerprint density at radius 1 is 1.00 bits per heavy atom. The smallest absolute Gasteiger partial charge is 0.412 e. The number of benzene rings is 3. The number of hydrogen-bond acceptors (Lipinski definition) is 6. The third kappa shape index (κ3) is 7.34. The Bertz CT molecular complexity index is 1110. The summed E-state index contributed by atoms with van der Waals surface area (Å²) >= 11 is 0. The summed E-state index contributed by atoms with van der Waals surface area (Å²) in [7, 11) is 0. The van der Waals surface area contributed by atoms with Gasteiger partial charge in [-0.3, -0.25) is 10.2 Å². The minimum absolute atomic E-state index is 0.0306. The molecule has 0 saturated carbocycles. The Morgan fingerprint density at radius 2 is 1.74 bits per heavy atom. The second-order valence-corrected chi connectivity index (χ2v) is 9.55. The van der Waals surface area contributed by atoms with Crippen LogP contribution in [0.2, 0.25) is 0 Å². The van der Waals surface area contributed by atoms with Crippen LogP contribution in [-0.4, -0.2) is 62.2 Å². The lowest BCUT2D eigenvalue weighted by Crippen LogP contribution is -2.46. The van der Waals surface area contributed by atoms with E-state index in [0.29, 0.717) is 25.5 Å². The molecule has 1 atom stereocenters. The van der Waals surface area contributed by atoms with E-state index < -0.39 is 11.7 Å². The molecule has 1 aliphatic rings. The van der Waals surface area contributed by atoms with Crippen LogP contribution in [0.25, 0.3) is 10.8 Å². The molecule has 3 aromatic carbocycles. The molecule has 1 fully saturated rings. The zero-order chi connectivity index (χ0) is 24.7. The molecule has 0 radical (unpaired) electrons. The summed E-state index contributed by atoms with van der Waals surface area (Å²) in [6.45, 7) is 9.74. The lowest BCUT2D eigenvalue weighted by atomic mass is 10.1. The molecule has 1 heterocycles. The molecule has 186 valence electrons. The van der Waals surface area contributed by atoms with Crippen LogP contribution in [0.1, 0.15) is 20.8 Å². The molecule has 4 rings (SSSR count). The minimum Gasteiger partial charge on any atom is -0.492 e. The van der Waals surface area contributed by atoms with Crippen molar-refractivity contribution in [3.8, 4) is 11.5 Å². The molecular formula is C28H34N2O5. The summed E-state index contributed by atoms with van der Waals surface area (Å²) in [5.74, 6) is 1.64. The Kier molecular flexibility index (Phi) is 8.10. The molecule has 3 aromatic rings. The van der Waals surface area contributed by atoms with E-state index in [-0.39, 0.29) is 6.10 Å². The van der Waals surface area contributed by atoms with Crippen LogP contribution in [0.5, 0.6) is 11.5 Å². The summed E-state index contributed by atoms with van der Waals surface area (Å²) in [4.78, 5) is 14.6. The molecule has 7 nitrogen and oxygen atoms in total. The van der Waals surface area contributed by atoms with E-state index >= 15 is 0 Å². The molecule has 0 bridgehead atoms. The van der Waals surface area contributed by atoms with Gasteiger partial charge < -0.3 is 18.9 Å². The number of rotatable bonds is 8. The van der Waals surface area contributed by atoms with Gasteiger partial charge >= 0.3 is 6.09 Å². The Hall–Kier alpha value is -3.29. The van der Waals surface area contributed by atoms with Gasteiger partial charge in [0.05, 0.1) is 12.3 Å². The monoisotopic (exact) mass is 478 g/mol. The number of fused-ring (bicyclic) bond motifs is 1. The van der Waals surface area contributed by atoms with Gasteiger partial charge in [0.25, 0.3) is 0 Å². The highest BCUT2D eigenvalue weighted by molar-refractivity contribution is 6.02. The van der Waals surface area contributed by atoms with Crippen molar-refractivity contribution in [2.24, 2.45) is 0 Å². The van der Waals surface area contributed by atoms with Crippen molar-refractivity contribution >= 4 is 22.6 Å². The van der Waals surface area contributed by atoms with Crippen LogP contribution in [-0.2, 0) is 9.47 Å². The lowest BCUT2D eigenvalue weighted by molar-refractivity contribution is -0.0501. The van der Waals surface area contributed by atoms with Gasteiger partial charge in [0, 0.05) is 30.4 Å². The third-order valence-corrected chi connectivity index (χ3v) is 5.59. The molecule has 1 saturated heterocycles. The highest BCUT2D eigenvalue weighted by Crippen LogP contribution is 2.32. The van der Waals surface area contributed by atoms with Crippen molar-refractivity contribution in [3.63, 3.8) is 0 Å². The molecule has 1 amide bonds. The number of ether oxygens (including phenoxy) is 4. The average molecular weight is 479 g/mol. The van der Waals surface area contributed by atoms with Crippen LogP contribution >= 0.6 is 0 Å². The largest absolute Gasteiger partial charge is 0.492 e. The van der Waals surface area contributed by atoms with Gasteiger partial charge in [-0.15, -0.1) is 0 Å². The van der Waals surface area contributed by atoms with Crippen LogP contribution in [0.3, 0.4) is 0 Å². The van der Waals surface area contributed by atoms with Crippen molar-refractivity contribution in [2.75, 3.05) is 44.8 Å². The first kappa shape index (κ1) is 24.8. The van der Waals surface area contributed by atoms with Crippen LogP contribution < -0.4 is 14.8 Å². The molecule has 1 aliphatic heterocycles. The number of morpholine rings is 1. The van der Waals surface area contributed by atoms with Crippen molar-refractivity contribution in [1.29, 1.82) is 0 Å². The molecule has 1 unspecified atom stereocenters. The summed E-state index contributed by atoms with van der Waals surface area (Å²) in [6.07, 6.45) is -0.447. The van der Waals surface area contributed by atoms with Gasteiger partial charge in [-0.05, 0) is 45.0 Å². The average Bonchev–Trinajstić information content (AvgIpc) is 2.84. The normalized spacial score (nSPS) is 16.6. The van der Waals surface area contributed by atoms with E-state index in [1.54, 1.807) is 0 Å². The van der Waals surface area contributed by atoms with Gasteiger partial charge in [0.2, 0.25) is 0 Å². The van der Waals surface area contributed by atoms with Crippen LogP contribution in [0.4, 0.5) is 10.5 Å². The topological polar surface area (TPSA) is 69.3 Å². The molecule has 0 aliphatic carbocycles. The molecule has 7 heteroatoms. The van der Waals surface area contributed by atoms with Crippen LogP contribution in [0.15, 0.2) is 66.7 Å². The molecular weight excluding hydrogens is 444 g/mol. The van der Waals surface area contributed by atoms with Crippen LogP contribution in [0, 0.1) is 0 Å². The second-order valence-electron chi connectivity index (χ2n) is 9.55. The summed E-state index contributed by atoms with van der Waals surface area (Å²) < 4.78 is 23.3. The quantitative estimate of drug-likeness (QED) is 0.471. The van der Waals surface area contributed by atoms with E-state index in [2.05, 4.69) is 10.2 Å². The van der Waals surface area contributed by atoms with Gasteiger partial charge in [-0.1, -0.05) is 42.5 Å². The Morgan fingerprint density at radius 3 is 2.51 bits per heavy atom. The first-order valence-corrected chi connectivity index (χ1v) is 12.0. The summed E-state index contributed by atoms with van der Waals surface area (Å²) in [6, 6.07) is 21.4. The lowest BCUT2D eigenvalue weighted by Gasteiger charge is -2.32. The van der Waals surface area contributed by atoms with E-state index in [0.717, 1.165) is 41.9 Å². The Balaban J connectivity index is 1.31. The standard InChI is InChI=1S/C28H34N2O5/c1-28(2,3)35-27(31)29-25-13-14-26(24-12-8-7-11-23(24)25)33-18-16-30-15-17-32-22(19-30)20-34-21-9-5-4-6-10-21/h4-14,22H,15-20H2,1-3H3,(H,29,31). The minimum atomic E-state index is -0.560. The maximum absolute atomic E-state index is 12.3. The van der Waals surface area contributed by atoms with Gasteiger partial charge in [0.1, 0.15) is 36.4 Å². The summed E-state index contributed by atoms with van der Waals surface area (Å²) in [5.41, 5.74) is 0.131. The molecule has 0 spiro atoms. The molecule has 35 heavy (non-hydrogen) atoms. The maximum Gasteiger partial charge on any atom is 0.412 e. The van der Waals surface area contributed by atoms with Gasteiger partial charge in [-0.2, -0.15) is 0 Å².